The Balaban J connectivity index is 2.69. The highest BCUT2D eigenvalue weighted by Gasteiger charge is 2.20. The molecule has 2 rings (SSSR count). The molecule has 1 aromatic heterocycles. The first-order chi connectivity index (χ1) is 9.49. The van der Waals surface area contributed by atoms with Gasteiger partial charge in [-0.25, -0.2) is 9.78 Å². The summed E-state index contributed by atoms with van der Waals surface area (Å²) in [6.45, 7) is 3.51. The van der Waals surface area contributed by atoms with Crippen LogP contribution in [0.1, 0.15) is 42.0 Å². The second kappa shape index (κ2) is 5.60. The van der Waals surface area contributed by atoms with Gasteiger partial charge in [0.15, 0.2) is 0 Å². The molecule has 0 saturated carbocycles. The van der Waals surface area contributed by atoms with Gasteiger partial charge in [0.25, 0.3) is 0 Å². The number of carboxylic acid groups (broad SMARTS) is 1. The number of aliphatic hydroxyl groups excluding tert-OH is 2. The van der Waals surface area contributed by atoms with E-state index in [1.807, 2.05) is 13.8 Å². The average molecular weight is 278 g/mol. The van der Waals surface area contributed by atoms with Crippen molar-refractivity contribution in [3.63, 3.8) is 0 Å². The van der Waals surface area contributed by atoms with Gasteiger partial charge in [0, 0.05) is 5.92 Å². The molecule has 20 heavy (non-hydrogen) atoms. The number of benzene rings is 1. The lowest BCUT2D eigenvalue weighted by Gasteiger charge is -2.18. The van der Waals surface area contributed by atoms with Gasteiger partial charge < -0.3 is 19.9 Å². The Morgan fingerprint density at radius 2 is 1.95 bits per heavy atom. The molecule has 0 amide bonds. The average Bonchev–Trinajstić information content (AvgIpc) is 2.79. The Morgan fingerprint density at radius 1 is 1.30 bits per heavy atom. The molecule has 0 radical (unpaired) electrons. The van der Waals surface area contributed by atoms with Gasteiger partial charge in [-0.1, -0.05) is 13.8 Å². The lowest BCUT2D eigenvalue weighted by molar-refractivity contribution is 0.0697. The molecule has 0 atom stereocenters. The van der Waals surface area contributed by atoms with E-state index in [1.165, 1.54) is 12.1 Å². The fraction of sp³-hybridized carbons (Fsp3) is 0.429. The van der Waals surface area contributed by atoms with E-state index in [2.05, 4.69) is 4.98 Å². The number of hydrogen-bond donors (Lipinski definition) is 3. The highest BCUT2D eigenvalue weighted by atomic mass is 16.4. The molecule has 3 N–H and O–H groups in total. The molecule has 6 nitrogen and oxygen atoms in total. The van der Waals surface area contributed by atoms with Crippen molar-refractivity contribution in [1.29, 1.82) is 0 Å². The number of rotatable bonds is 5. The number of aromatic nitrogens is 2. The van der Waals surface area contributed by atoms with Gasteiger partial charge in [-0.3, -0.25) is 0 Å². The highest BCUT2D eigenvalue weighted by molar-refractivity contribution is 5.92. The van der Waals surface area contributed by atoms with Crippen molar-refractivity contribution >= 4 is 17.0 Å². The van der Waals surface area contributed by atoms with Crippen molar-refractivity contribution < 1.29 is 20.1 Å². The molecule has 0 aliphatic carbocycles. The summed E-state index contributed by atoms with van der Waals surface area (Å²) in [6, 6.07) is 4.19. The lowest BCUT2D eigenvalue weighted by atomic mass is 10.2. The monoisotopic (exact) mass is 278 g/mol. The van der Waals surface area contributed by atoms with E-state index in [1.54, 1.807) is 10.6 Å². The predicted octanol–water partition coefficient (Wildman–Crippen LogP) is 1.38. The highest BCUT2D eigenvalue weighted by Crippen LogP contribution is 2.26. The van der Waals surface area contributed by atoms with Crippen LogP contribution in [0.4, 0.5) is 0 Å². The summed E-state index contributed by atoms with van der Waals surface area (Å²) in [5.74, 6) is -0.194. The Bertz CT molecular complexity index is 629. The molecule has 2 aromatic rings. The normalized spacial score (nSPS) is 11.7. The number of imidazole rings is 1. The van der Waals surface area contributed by atoms with Crippen molar-refractivity contribution in [3.8, 4) is 0 Å². The van der Waals surface area contributed by atoms with Gasteiger partial charge in [0.2, 0.25) is 0 Å². The third-order valence-electron chi connectivity index (χ3n) is 3.27. The maximum atomic E-state index is 11.0. The largest absolute Gasteiger partial charge is 0.478 e. The van der Waals surface area contributed by atoms with Crippen LogP contribution in [0.2, 0.25) is 0 Å². The number of nitrogens with zero attached hydrogens (tertiary/aromatic N) is 2. The number of carboxylic acids is 1. The van der Waals surface area contributed by atoms with Crippen molar-refractivity contribution in [2.45, 2.75) is 25.8 Å². The molecule has 0 saturated heterocycles. The fourth-order valence-corrected chi connectivity index (χ4v) is 2.26. The number of aliphatic hydroxyl groups is 2. The van der Waals surface area contributed by atoms with Crippen molar-refractivity contribution in [1.82, 2.24) is 9.55 Å². The van der Waals surface area contributed by atoms with Crippen molar-refractivity contribution in [2.75, 3.05) is 13.2 Å². The standard InChI is InChI=1S/C14H18N2O4/c1-8(2)13-15-11-5-9(14(19)20)3-4-12(11)16(13)10(6-17)7-18/h3-5,8,10,17-18H,6-7H2,1-2H3,(H,19,20). The first-order valence-corrected chi connectivity index (χ1v) is 6.46. The number of fused-ring (bicyclic) bond motifs is 1. The molecule has 6 heteroatoms. The van der Waals surface area contributed by atoms with Gasteiger partial charge in [0.1, 0.15) is 5.82 Å². The maximum absolute atomic E-state index is 11.0. The molecular formula is C14H18N2O4. The summed E-state index contributed by atoms with van der Waals surface area (Å²) in [4.78, 5) is 15.5. The van der Waals surface area contributed by atoms with E-state index in [9.17, 15) is 15.0 Å². The Hall–Kier alpha value is -1.92. The fourth-order valence-electron chi connectivity index (χ4n) is 2.26. The van der Waals surface area contributed by atoms with Crippen LogP contribution >= 0.6 is 0 Å². The van der Waals surface area contributed by atoms with E-state index in [0.29, 0.717) is 11.0 Å². The van der Waals surface area contributed by atoms with E-state index in [-0.39, 0.29) is 24.7 Å². The summed E-state index contributed by atoms with van der Waals surface area (Å²) < 4.78 is 1.78. The van der Waals surface area contributed by atoms with Gasteiger partial charge in [-0.2, -0.15) is 0 Å². The van der Waals surface area contributed by atoms with Crippen LogP contribution in [-0.2, 0) is 0 Å². The van der Waals surface area contributed by atoms with E-state index in [0.717, 1.165) is 5.82 Å². The van der Waals surface area contributed by atoms with Gasteiger partial charge in [0.05, 0.1) is 35.9 Å². The topological polar surface area (TPSA) is 95.6 Å². The molecule has 0 aliphatic heterocycles. The van der Waals surface area contributed by atoms with Crippen LogP contribution in [0, 0.1) is 0 Å². The smallest absolute Gasteiger partial charge is 0.335 e. The molecule has 0 aliphatic rings. The van der Waals surface area contributed by atoms with Crippen molar-refractivity contribution in [2.24, 2.45) is 0 Å². The first-order valence-electron chi connectivity index (χ1n) is 6.46. The molecular weight excluding hydrogens is 260 g/mol. The minimum atomic E-state index is -1.01. The first kappa shape index (κ1) is 14.5. The number of hydrogen-bond acceptors (Lipinski definition) is 4. The van der Waals surface area contributed by atoms with E-state index >= 15 is 0 Å². The molecule has 1 heterocycles. The quantitative estimate of drug-likeness (QED) is 0.768. The van der Waals surface area contributed by atoms with Gasteiger partial charge >= 0.3 is 5.97 Å². The minimum Gasteiger partial charge on any atom is -0.478 e. The zero-order chi connectivity index (χ0) is 14.9. The number of carbonyl (C=O) groups is 1. The second-order valence-corrected chi connectivity index (χ2v) is 5.02. The SMILES string of the molecule is CC(C)c1nc2cc(C(=O)O)ccc2n1C(CO)CO. The summed E-state index contributed by atoms with van der Waals surface area (Å²) in [5, 5.41) is 27.8. The zero-order valence-electron chi connectivity index (χ0n) is 11.4. The lowest BCUT2D eigenvalue weighted by Crippen LogP contribution is -2.20. The minimum absolute atomic E-state index is 0.0938. The van der Waals surface area contributed by atoms with Gasteiger partial charge in [-0.05, 0) is 18.2 Å². The second-order valence-electron chi connectivity index (χ2n) is 5.02. The molecule has 0 bridgehead atoms. The van der Waals surface area contributed by atoms with Crippen LogP contribution < -0.4 is 0 Å². The Kier molecular flexibility index (Phi) is 4.06. The van der Waals surface area contributed by atoms with Crippen LogP contribution in [0.25, 0.3) is 11.0 Å². The van der Waals surface area contributed by atoms with Crippen LogP contribution in [-0.4, -0.2) is 44.1 Å². The zero-order valence-corrected chi connectivity index (χ0v) is 11.4. The maximum Gasteiger partial charge on any atom is 0.335 e. The number of aromatic carboxylic acids is 1. The molecule has 0 spiro atoms. The Labute approximate surface area is 116 Å². The molecule has 1 aromatic carbocycles. The summed E-state index contributed by atoms with van der Waals surface area (Å²) in [7, 11) is 0. The van der Waals surface area contributed by atoms with E-state index < -0.39 is 12.0 Å². The molecule has 0 unspecified atom stereocenters. The third kappa shape index (κ3) is 2.39. The van der Waals surface area contributed by atoms with Crippen molar-refractivity contribution in [3.05, 3.63) is 29.6 Å². The molecule has 108 valence electrons. The van der Waals surface area contributed by atoms with Crippen LogP contribution in [0.5, 0.6) is 0 Å². The Morgan fingerprint density at radius 3 is 2.45 bits per heavy atom. The third-order valence-corrected chi connectivity index (χ3v) is 3.27. The van der Waals surface area contributed by atoms with Crippen LogP contribution in [0.3, 0.4) is 0 Å². The summed E-state index contributed by atoms with van der Waals surface area (Å²) in [6.07, 6.45) is 0. The predicted molar refractivity (Wildman–Crippen MR) is 74.0 cm³/mol. The van der Waals surface area contributed by atoms with Gasteiger partial charge in [-0.15, -0.1) is 0 Å². The summed E-state index contributed by atoms with van der Waals surface area (Å²) in [5.41, 5.74) is 1.44. The summed E-state index contributed by atoms with van der Waals surface area (Å²) >= 11 is 0. The van der Waals surface area contributed by atoms with E-state index in [4.69, 9.17) is 5.11 Å². The molecule has 0 fully saturated rings. The van der Waals surface area contributed by atoms with Crippen LogP contribution in [0.15, 0.2) is 18.2 Å².